The third kappa shape index (κ3) is 6.28. The maximum Gasteiger partial charge on any atom is 0.404 e. The topological polar surface area (TPSA) is 49.3 Å². The lowest BCUT2D eigenvalue weighted by molar-refractivity contribution is 0.192. The Bertz CT molecular complexity index is 195. The fraction of sp³-hybridized carbons (Fsp3) is 0.625. The van der Waals surface area contributed by atoms with Gasteiger partial charge in [0.05, 0.1) is 0 Å². The highest BCUT2D eigenvalue weighted by Gasteiger charge is 2.05. The van der Waals surface area contributed by atoms with Gasteiger partial charge in [-0.2, -0.15) is 0 Å². The molecule has 0 aromatic carbocycles. The second-order valence-electron chi connectivity index (χ2n) is 2.44. The van der Waals surface area contributed by atoms with Crippen LogP contribution in [0.25, 0.3) is 0 Å². The van der Waals surface area contributed by atoms with Crippen LogP contribution in [0.4, 0.5) is 4.79 Å². The molecule has 0 bridgehead atoms. The predicted octanol–water partition coefficient (Wildman–Crippen LogP) is 2.07. The summed E-state index contributed by atoms with van der Waals surface area (Å²) >= 11 is 1.98. The van der Waals surface area contributed by atoms with Gasteiger partial charge in [0.25, 0.3) is 0 Å². The summed E-state index contributed by atoms with van der Waals surface area (Å²) in [6.07, 6.45) is 0.751. The largest absolute Gasteiger partial charge is 0.465 e. The first kappa shape index (κ1) is 11.6. The van der Waals surface area contributed by atoms with Gasteiger partial charge in [0.15, 0.2) is 0 Å². The molecule has 0 spiro atoms. The summed E-state index contributed by atoms with van der Waals surface area (Å²) in [7, 11) is 0. The number of nitrogens with one attached hydrogen (secondary N) is 1. The number of halogens is 1. The molecule has 0 saturated carbocycles. The maximum absolute atomic E-state index is 10.1. The average molecular weight is 281 g/mol. The van der Waals surface area contributed by atoms with Gasteiger partial charge in [-0.3, -0.25) is 0 Å². The Morgan fingerprint density at radius 3 is 2.83 bits per heavy atom. The Hall–Kier alpha value is -0.440. The van der Waals surface area contributed by atoms with Gasteiger partial charge in [-0.25, -0.2) is 4.79 Å². The van der Waals surface area contributed by atoms with Gasteiger partial charge in [0, 0.05) is 35.6 Å². The quantitative estimate of drug-likeness (QED) is 0.612. The third-order valence-electron chi connectivity index (χ3n) is 1.58. The van der Waals surface area contributed by atoms with E-state index in [0.29, 0.717) is 12.5 Å². The summed E-state index contributed by atoms with van der Waals surface area (Å²) in [5, 5.41) is 10.7. The van der Waals surface area contributed by atoms with Crippen LogP contribution in [0.1, 0.15) is 19.8 Å². The Labute approximate surface area is 86.1 Å². The zero-order chi connectivity index (χ0) is 9.40. The van der Waals surface area contributed by atoms with Crippen molar-refractivity contribution in [2.75, 3.05) is 6.54 Å². The van der Waals surface area contributed by atoms with E-state index in [1.165, 1.54) is 0 Å². The molecule has 2 N–H and O–H groups in total. The number of carbonyl (C=O) groups is 1. The lowest BCUT2D eigenvalue weighted by Gasteiger charge is -2.10. The van der Waals surface area contributed by atoms with E-state index in [1.54, 1.807) is 0 Å². The predicted molar refractivity (Wildman–Crippen MR) is 56.2 cm³/mol. The van der Waals surface area contributed by atoms with Crippen molar-refractivity contribution in [3.8, 4) is 9.85 Å². The molecule has 0 aromatic heterocycles. The Morgan fingerprint density at radius 1 is 1.75 bits per heavy atom. The smallest absolute Gasteiger partial charge is 0.404 e. The van der Waals surface area contributed by atoms with E-state index in [2.05, 4.69) is 15.2 Å². The molecular weight excluding hydrogens is 269 g/mol. The number of hydrogen-bond acceptors (Lipinski definition) is 1. The van der Waals surface area contributed by atoms with E-state index >= 15 is 0 Å². The Morgan fingerprint density at radius 2 is 2.42 bits per heavy atom. The number of rotatable bonds is 4. The normalized spacial score (nSPS) is 11.2. The first-order valence-electron chi connectivity index (χ1n) is 3.76. The highest BCUT2D eigenvalue weighted by molar-refractivity contribution is 14.1. The number of carboxylic acid groups (broad SMARTS) is 1. The minimum Gasteiger partial charge on any atom is -0.465 e. The molecule has 0 rings (SSSR count). The molecule has 12 heavy (non-hydrogen) atoms. The summed E-state index contributed by atoms with van der Waals surface area (Å²) in [6, 6.07) is 0. The molecule has 0 fully saturated rings. The van der Waals surface area contributed by atoms with E-state index in [4.69, 9.17) is 5.11 Å². The molecule has 68 valence electrons. The molecule has 0 aromatic rings. The van der Waals surface area contributed by atoms with Gasteiger partial charge in [0.1, 0.15) is 0 Å². The SMILES string of the molecule is CCC(CC#CI)CNC(=O)O. The Kier molecular flexibility index (Phi) is 6.96. The summed E-state index contributed by atoms with van der Waals surface area (Å²) in [5.74, 6) is 3.26. The van der Waals surface area contributed by atoms with E-state index in [9.17, 15) is 4.79 Å². The molecule has 0 heterocycles. The highest BCUT2D eigenvalue weighted by atomic mass is 127. The zero-order valence-electron chi connectivity index (χ0n) is 6.93. The van der Waals surface area contributed by atoms with Crippen molar-refractivity contribution in [3.05, 3.63) is 0 Å². The molecule has 0 aliphatic carbocycles. The van der Waals surface area contributed by atoms with Gasteiger partial charge in [-0.05, 0) is 9.85 Å². The van der Waals surface area contributed by atoms with Crippen LogP contribution < -0.4 is 5.32 Å². The second-order valence-corrected chi connectivity index (χ2v) is 2.98. The van der Waals surface area contributed by atoms with Crippen molar-refractivity contribution in [1.29, 1.82) is 0 Å². The van der Waals surface area contributed by atoms with Crippen LogP contribution >= 0.6 is 22.6 Å². The summed E-state index contributed by atoms with van der Waals surface area (Å²) in [5.41, 5.74) is 0. The van der Waals surface area contributed by atoms with Crippen molar-refractivity contribution in [1.82, 2.24) is 5.32 Å². The first-order chi connectivity index (χ1) is 5.70. The Balaban J connectivity index is 3.64. The van der Waals surface area contributed by atoms with Crippen LogP contribution in [0.2, 0.25) is 0 Å². The van der Waals surface area contributed by atoms with Crippen molar-refractivity contribution in [3.63, 3.8) is 0 Å². The molecule has 1 atom stereocenters. The lowest BCUT2D eigenvalue weighted by Crippen LogP contribution is -2.27. The molecule has 1 amide bonds. The first-order valence-corrected chi connectivity index (χ1v) is 4.83. The van der Waals surface area contributed by atoms with Crippen LogP contribution in [0.15, 0.2) is 0 Å². The van der Waals surface area contributed by atoms with E-state index in [0.717, 1.165) is 12.8 Å². The summed E-state index contributed by atoms with van der Waals surface area (Å²) in [6.45, 7) is 2.53. The van der Waals surface area contributed by atoms with E-state index < -0.39 is 6.09 Å². The summed E-state index contributed by atoms with van der Waals surface area (Å²) < 4.78 is 2.76. The fourth-order valence-electron chi connectivity index (χ4n) is 0.775. The third-order valence-corrected chi connectivity index (χ3v) is 1.96. The minimum atomic E-state index is -0.962. The van der Waals surface area contributed by atoms with Crippen molar-refractivity contribution in [2.24, 2.45) is 5.92 Å². The van der Waals surface area contributed by atoms with Gasteiger partial charge < -0.3 is 10.4 Å². The zero-order valence-corrected chi connectivity index (χ0v) is 9.09. The van der Waals surface area contributed by atoms with Crippen LogP contribution in [-0.4, -0.2) is 17.7 Å². The fourth-order valence-corrected chi connectivity index (χ4v) is 0.996. The van der Waals surface area contributed by atoms with Gasteiger partial charge in [0.2, 0.25) is 0 Å². The monoisotopic (exact) mass is 281 g/mol. The maximum atomic E-state index is 10.1. The number of amides is 1. The van der Waals surface area contributed by atoms with E-state index in [1.807, 2.05) is 29.5 Å². The number of hydrogen-bond donors (Lipinski definition) is 2. The molecule has 4 heteroatoms. The second kappa shape index (κ2) is 7.22. The van der Waals surface area contributed by atoms with E-state index in [-0.39, 0.29) is 0 Å². The van der Waals surface area contributed by atoms with Crippen molar-refractivity contribution >= 4 is 28.7 Å². The molecule has 0 radical (unpaired) electrons. The molecule has 1 unspecified atom stereocenters. The van der Waals surface area contributed by atoms with Gasteiger partial charge in [-0.1, -0.05) is 19.3 Å². The van der Waals surface area contributed by atoms with Crippen molar-refractivity contribution in [2.45, 2.75) is 19.8 Å². The van der Waals surface area contributed by atoms with Crippen molar-refractivity contribution < 1.29 is 9.90 Å². The molecule has 0 aliphatic rings. The molecular formula is C8H12INO2. The van der Waals surface area contributed by atoms with Gasteiger partial charge in [-0.15, -0.1) is 0 Å². The minimum absolute atomic E-state index is 0.336. The van der Waals surface area contributed by atoms with Crippen LogP contribution in [0.5, 0.6) is 0 Å². The van der Waals surface area contributed by atoms with Crippen LogP contribution in [0.3, 0.4) is 0 Å². The molecule has 3 nitrogen and oxygen atoms in total. The molecule has 0 aliphatic heterocycles. The van der Waals surface area contributed by atoms with Crippen LogP contribution in [0, 0.1) is 15.8 Å². The average Bonchev–Trinajstić information content (AvgIpc) is 2.05. The highest BCUT2D eigenvalue weighted by Crippen LogP contribution is 2.05. The van der Waals surface area contributed by atoms with Gasteiger partial charge >= 0.3 is 6.09 Å². The standard InChI is InChI=1S/C8H12INO2/c1-2-7(4-3-5-9)6-10-8(11)12/h7,10H,2,4,6H2,1H3,(H,11,12). The lowest BCUT2D eigenvalue weighted by atomic mass is 10.0. The molecule has 0 saturated heterocycles. The summed E-state index contributed by atoms with van der Waals surface area (Å²) in [4.78, 5) is 10.1. The van der Waals surface area contributed by atoms with Crippen LogP contribution in [-0.2, 0) is 0 Å².